The third kappa shape index (κ3) is 1.68. The van der Waals surface area contributed by atoms with Gasteiger partial charge in [0.1, 0.15) is 11.0 Å². The SMILES string of the molecule is OCc1ccccc1-n1nc2ccccc2n1. The number of rotatable bonds is 2. The van der Waals surface area contributed by atoms with Gasteiger partial charge in [-0.05, 0) is 18.2 Å². The van der Waals surface area contributed by atoms with Crippen molar-refractivity contribution in [2.45, 2.75) is 6.61 Å². The van der Waals surface area contributed by atoms with Crippen molar-refractivity contribution in [1.82, 2.24) is 15.0 Å². The predicted molar refractivity (Wildman–Crippen MR) is 64.8 cm³/mol. The summed E-state index contributed by atoms with van der Waals surface area (Å²) in [5, 5.41) is 18.1. The second-order valence-corrected chi connectivity index (χ2v) is 3.76. The second kappa shape index (κ2) is 3.99. The highest BCUT2D eigenvalue weighted by Gasteiger charge is 2.07. The lowest BCUT2D eigenvalue weighted by Gasteiger charge is -2.04. The van der Waals surface area contributed by atoms with Gasteiger partial charge in [-0.15, -0.1) is 10.2 Å². The Hall–Kier alpha value is -2.20. The molecule has 0 bridgehead atoms. The average molecular weight is 225 g/mol. The molecule has 0 saturated carbocycles. The van der Waals surface area contributed by atoms with E-state index in [4.69, 9.17) is 0 Å². The predicted octanol–water partition coefficient (Wildman–Crippen LogP) is 1.91. The first kappa shape index (κ1) is 9.99. The molecule has 3 rings (SSSR count). The lowest BCUT2D eigenvalue weighted by molar-refractivity contribution is 0.281. The minimum atomic E-state index is -0.0198. The molecule has 4 nitrogen and oxygen atoms in total. The standard InChI is InChI=1S/C13H11N3O/c17-9-10-5-1-4-8-13(10)16-14-11-6-2-3-7-12(11)15-16/h1-8,17H,9H2. The van der Waals surface area contributed by atoms with Crippen molar-refractivity contribution < 1.29 is 5.11 Å². The van der Waals surface area contributed by atoms with E-state index in [1.165, 1.54) is 0 Å². The maximum absolute atomic E-state index is 9.29. The largest absolute Gasteiger partial charge is 0.392 e. The van der Waals surface area contributed by atoms with Crippen molar-refractivity contribution in [2.75, 3.05) is 0 Å². The minimum absolute atomic E-state index is 0.0198. The van der Waals surface area contributed by atoms with Crippen molar-refractivity contribution in [3.63, 3.8) is 0 Å². The third-order valence-corrected chi connectivity index (χ3v) is 2.66. The van der Waals surface area contributed by atoms with Gasteiger partial charge in [0.25, 0.3) is 0 Å². The Morgan fingerprint density at radius 1 is 0.882 bits per heavy atom. The number of hydrogen-bond acceptors (Lipinski definition) is 3. The van der Waals surface area contributed by atoms with Gasteiger partial charge in [0.15, 0.2) is 0 Å². The zero-order valence-corrected chi connectivity index (χ0v) is 9.11. The summed E-state index contributed by atoms with van der Waals surface area (Å²) in [7, 11) is 0. The van der Waals surface area contributed by atoms with E-state index in [0.717, 1.165) is 22.3 Å². The molecule has 0 spiro atoms. The highest BCUT2D eigenvalue weighted by Crippen LogP contribution is 2.15. The van der Waals surface area contributed by atoms with E-state index in [9.17, 15) is 5.11 Å². The number of hydrogen-bond donors (Lipinski definition) is 1. The number of aromatic nitrogens is 3. The molecule has 3 aromatic rings. The molecule has 4 heteroatoms. The van der Waals surface area contributed by atoms with Crippen LogP contribution in [-0.2, 0) is 6.61 Å². The van der Waals surface area contributed by atoms with Gasteiger partial charge in [0.05, 0.1) is 12.3 Å². The zero-order valence-electron chi connectivity index (χ0n) is 9.11. The van der Waals surface area contributed by atoms with Gasteiger partial charge in [-0.25, -0.2) is 0 Å². The third-order valence-electron chi connectivity index (χ3n) is 2.66. The van der Waals surface area contributed by atoms with Crippen molar-refractivity contribution >= 4 is 11.0 Å². The van der Waals surface area contributed by atoms with Crippen molar-refractivity contribution in [1.29, 1.82) is 0 Å². The smallest absolute Gasteiger partial charge is 0.113 e. The molecule has 1 N–H and O–H groups in total. The topological polar surface area (TPSA) is 50.9 Å². The molecule has 17 heavy (non-hydrogen) atoms. The number of aliphatic hydroxyl groups excluding tert-OH is 1. The zero-order chi connectivity index (χ0) is 11.7. The van der Waals surface area contributed by atoms with Crippen LogP contribution in [0.25, 0.3) is 16.7 Å². The number of aliphatic hydroxyl groups is 1. The summed E-state index contributed by atoms with van der Waals surface area (Å²) in [5.74, 6) is 0. The number of nitrogens with zero attached hydrogens (tertiary/aromatic N) is 3. The van der Waals surface area contributed by atoms with E-state index < -0.39 is 0 Å². The van der Waals surface area contributed by atoms with E-state index in [1.807, 2.05) is 48.5 Å². The molecular weight excluding hydrogens is 214 g/mol. The highest BCUT2D eigenvalue weighted by molar-refractivity contribution is 5.73. The van der Waals surface area contributed by atoms with Crippen LogP contribution in [0.1, 0.15) is 5.56 Å². The van der Waals surface area contributed by atoms with Crippen LogP contribution in [0.5, 0.6) is 0 Å². The summed E-state index contributed by atoms with van der Waals surface area (Å²) in [5.41, 5.74) is 3.32. The number of fused-ring (bicyclic) bond motifs is 1. The van der Waals surface area contributed by atoms with Crippen molar-refractivity contribution in [3.8, 4) is 5.69 Å². The molecular formula is C13H11N3O. The monoisotopic (exact) mass is 225 g/mol. The quantitative estimate of drug-likeness (QED) is 0.724. The van der Waals surface area contributed by atoms with Gasteiger partial charge in [-0.3, -0.25) is 0 Å². The van der Waals surface area contributed by atoms with Crippen LogP contribution in [0.4, 0.5) is 0 Å². The lowest BCUT2D eigenvalue weighted by atomic mass is 10.2. The molecule has 0 aliphatic heterocycles. The van der Waals surface area contributed by atoms with E-state index >= 15 is 0 Å². The Balaban J connectivity index is 2.20. The molecule has 1 heterocycles. The second-order valence-electron chi connectivity index (χ2n) is 3.76. The molecule has 0 aliphatic carbocycles. The van der Waals surface area contributed by atoms with Crippen molar-refractivity contribution in [3.05, 3.63) is 54.1 Å². The Morgan fingerprint density at radius 3 is 2.12 bits per heavy atom. The normalized spacial score (nSPS) is 10.9. The van der Waals surface area contributed by atoms with Crippen LogP contribution in [0.3, 0.4) is 0 Å². The molecule has 1 aromatic heterocycles. The summed E-state index contributed by atoms with van der Waals surface area (Å²) in [6.07, 6.45) is 0. The summed E-state index contributed by atoms with van der Waals surface area (Å²) in [6, 6.07) is 15.2. The van der Waals surface area contributed by atoms with Crippen molar-refractivity contribution in [2.24, 2.45) is 0 Å². The molecule has 0 atom stereocenters. The van der Waals surface area contributed by atoms with Crippen LogP contribution in [0, 0.1) is 0 Å². The lowest BCUT2D eigenvalue weighted by Crippen LogP contribution is -2.02. The summed E-state index contributed by atoms with van der Waals surface area (Å²) < 4.78 is 0. The van der Waals surface area contributed by atoms with Gasteiger partial charge in [0.2, 0.25) is 0 Å². The van der Waals surface area contributed by atoms with Crippen LogP contribution in [-0.4, -0.2) is 20.1 Å². The Kier molecular flexibility index (Phi) is 2.34. The first-order chi connectivity index (χ1) is 8.38. The first-order valence-corrected chi connectivity index (χ1v) is 5.40. The molecule has 0 aliphatic rings. The highest BCUT2D eigenvalue weighted by atomic mass is 16.3. The molecule has 84 valence electrons. The molecule has 2 aromatic carbocycles. The van der Waals surface area contributed by atoms with Crippen LogP contribution in [0.15, 0.2) is 48.5 Å². The molecule has 0 unspecified atom stereocenters. The Bertz CT molecular complexity index is 627. The van der Waals surface area contributed by atoms with Crippen LogP contribution in [0.2, 0.25) is 0 Å². The van der Waals surface area contributed by atoms with Gasteiger partial charge >= 0.3 is 0 Å². The van der Waals surface area contributed by atoms with E-state index in [1.54, 1.807) is 4.80 Å². The van der Waals surface area contributed by atoms with E-state index in [-0.39, 0.29) is 6.61 Å². The molecule has 0 radical (unpaired) electrons. The van der Waals surface area contributed by atoms with E-state index in [2.05, 4.69) is 10.2 Å². The maximum Gasteiger partial charge on any atom is 0.113 e. The fourth-order valence-electron chi connectivity index (χ4n) is 1.81. The first-order valence-electron chi connectivity index (χ1n) is 5.40. The molecule has 0 saturated heterocycles. The fourth-order valence-corrected chi connectivity index (χ4v) is 1.81. The molecule has 0 fully saturated rings. The van der Waals surface area contributed by atoms with Crippen LogP contribution < -0.4 is 0 Å². The number of para-hydroxylation sites is 1. The molecule has 0 amide bonds. The summed E-state index contributed by atoms with van der Waals surface area (Å²) >= 11 is 0. The van der Waals surface area contributed by atoms with Crippen LogP contribution >= 0.6 is 0 Å². The van der Waals surface area contributed by atoms with Gasteiger partial charge in [-0.1, -0.05) is 30.3 Å². The van der Waals surface area contributed by atoms with E-state index in [0.29, 0.717) is 0 Å². The minimum Gasteiger partial charge on any atom is -0.392 e. The van der Waals surface area contributed by atoms with Gasteiger partial charge in [-0.2, -0.15) is 4.80 Å². The average Bonchev–Trinajstić information content (AvgIpc) is 2.82. The van der Waals surface area contributed by atoms with Gasteiger partial charge in [0, 0.05) is 5.56 Å². The maximum atomic E-state index is 9.29. The summed E-state index contributed by atoms with van der Waals surface area (Å²) in [4.78, 5) is 1.57. The Labute approximate surface area is 98.1 Å². The fraction of sp³-hybridized carbons (Fsp3) is 0.0769. The number of benzene rings is 2. The summed E-state index contributed by atoms with van der Waals surface area (Å²) in [6.45, 7) is -0.0198. The Morgan fingerprint density at radius 2 is 1.47 bits per heavy atom. The van der Waals surface area contributed by atoms with Gasteiger partial charge < -0.3 is 5.11 Å².